The molecule has 1 aliphatic rings. The summed E-state index contributed by atoms with van der Waals surface area (Å²) in [6, 6.07) is 9.47. The van der Waals surface area contributed by atoms with E-state index in [4.69, 9.17) is 14.6 Å². The number of hydrogen-bond donors (Lipinski definition) is 3. The number of alkyl halides is 3. The van der Waals surface area contributed by atoms with Crippen molar-refractivity contribution < 1.29 is 45.0 Å². The summed E-state index contributed by atoms with van der Waals surface area (Å²) in [7, 11) is -3.04. The number of benzene rings is 2. The highest BCUT2D eigenvalue weighted by molar-refractivity contribution is 7.92. The maximum Gasteiger partial charge on any atom is 0.490 e. The summed E-state index contributed by atoms with van der Waals surface area (Å²) in [5.74, 6) is -4.56. The number of aromatic nitrogens is 3. The van der Waals surface area contributed by atoms with Crippen molar-refractivity contribution in [2.45, 2.75) is 23.4 Å². The number of halogens is 5. The molecule has 0 radical (unpaired) electrons. The Morgan fingerprint density at radius 3 is 2.43 bits per heavy atom. The van der Waals surface area contributed by atoms with E-state index in [1.54, 1.807) is 18.6 Å². The number of methoxy groups -OCH3 is 1. The van der Waals surface area contributed by atoms with Crippen molar-refractivity contribution >= 4 is 32.6 Å². The first kappa shape index (κ1) is 30.5. The zero-order valence-electron chi connectivity index (χ0n) is 21.6. The average molecular weight is 612 g/mol. The second-order valence-corrected chi connectivity index (χ2v) is 10.6. The van der Waals surface area contributed by atoms with E-state index < -0.39 is 38.7 Å². The van der Waals surface area contributed by atoms with Gasteiger partial charge >= 0.3 is 12.1 Å². The summed E-state index contributed by atoms with van der Waals surface area (Å²) in [5.41, 5.74) is 3.14. The molecule has 2 aromatic carbocycles. The van der Waals surface area contributed by atoms with Gasteiger partial charge in [-0.3, -0.25) is 4.72 Å². The van der Waals surface area contributed by atoms with Crippen molar-refractivity contribution in [2.75, 3.05) is 24.9 Å². The van der Waals surface area contributed by atoms with Gasteiger partial charge in [0.25, 0.3) is 10.0 Å². The Bertz CT molecular complexity index is 1730. The Kier molecular flexibility index (Phi) is 8.86. The third-order valence-corrected chi connectivity index (χ3v) is 7.56. The summed E-state index contributed by atoms with van der Waals surface area (Å²) in [5, 5.41) is 11.4. The second kappa shape index (κ2) is 12.2. The Morgan fingerprint density at radius 2 is 1.81 bits per heavy atom. The van der Waals surface area contributed by atoms with E-state index >= 15 is 0 Å². The molecular weight excluding hydrogens is 589 g/mol. The number of rotatable bonds is 6. The predicted molar refractivity (Wildman–Crippen MR) is 140 cm³/mol. The fourth-order valence-electron chi connectivity index (χ4n) is 4.21. The van der Waals surface area contributed by atoms with E-state index in [2.05, 4.69) is 25.0 Å². The molecule has 10 nitrogen and oxygen atoms in total. The summed E-state index contributed by atoms with van der Waals surface area (Å²) in [6.45, 7) is 1.77. The number of aliphatic carboxylic acids is 1. The smallest absolute Gasteiger partial charge is 0.480 e. The van der Waals surface area contributed by atoms with Crippen LogP contribution in [-0.4, -0.2) is 60.8 Å². The van der Waals surface area contributed by atoms with Crippen LogP contribution in [0.5, 0.6) is 5.88 Å². The van der Waals surface area contributed by atoms with E-state index in [0.29, 0.717) is 11.6 Å². The summed E-state index contributed by atoms with van der Waals surface area (Å²) >= 11 is 0. The minimum atomic E-state index is -5.08. The molecule has 1 aliphatic heterocycles. The number of anilines is 1. The molecule has 222 valence electrons. The van der Waals surface area contributed by atoms with Crippen molar-refractivity contribution in [1.29, 1.82) is 0 Å². The van der Waals surface area contributed by atoms with Gasteiger partial charge in [-0.05, 0) is 48.9 Å². The molecule has 0 saturated carbocycles. The van der Waals surface area contributed by atoms with Crippen molar-refractivity contribution in [3.8, 4) is 17.0 Å². The van der Waals surface area contributed by atoms with Crippen molar-refractivity contribution in [3.63, 3.8) is 0 Å². The number of sulfonamides is 1. The van der Waals surface area contributed by atoms with Crippen LogP contribution in [0.25, 0.3) is 22.0 Å². The molecule has 0 amide bonds. The summed E-state index contributed by atoms with van der Waals surface area (Å²) in [6.07, 6.45) is -0.991. The molecule has 0 aliphatic carbocycles. The molecule has 3 N–H and O–H groups in total. The van der Waals surface area contributed by atoms with Gasteiger partial charge in [-0.15, -0.1) is 0 Å². The molecule has 4 aromatic rings. The SMILES string of the molecule is COc1ncc(-c2ccc3ncnc(C4CCNC4)c3c2)cc1NS(=O)(=O)c1ccc(F)cc1F.O=C(O)C(F)(F)F. The largest absolute Gasteiger partial charge is 0.490 e. The van der Waals surface area contributed by atoms with Gasteiger partial charge in [0.1, 0.15) is 28.5 Å². The molecular formula is C26H22F5N5O5S. The van der Waals surface area contributed by atoms with Crippen LogP contribution in [0, 0.1) is 11.6 Å². The van der Waals surface area contributed by atoms with Crippen LogP contribution < -0.4 is 14.8 Å². The van der Waals surface area contributed by atoms with E-state index in [0.717, 1.165) is 53.8 Å². The number of nitrogens with zero attached hydrogens (tertiary/aromatic N) is 3. The van der Waals surface area contributed by atoms with E-state index in [1.807, 2.05) is 18.2 Å². The Labute approximate surface area is 235 Å². The molecule has 5 rings (SSSR count). The normalized spacial score (nSPS) is 15.1. The molecule has 1 fully saturated rings. The Morgan fingerprint density at radius 1 is 1.07 bits per heavy atom. The highest BCUT2D eigenvalue weighted by Gasteiger charge is 2.38. The summed E-state index contributed by atoms with van der Waals surface area (Å²) in [4.78, 5) is 21.3. The molecule has 0 spiro atoms. The summed E-state index contributed by atoms with van der Waals surface area (Å²) < 4.78 is 92.4. The Balaban J connectivity index is 0.000000517. The van der Waals surface area contributed by atoms with Gasteiger partial charge in [0.05, 0.1) is 18.3 Å². The molecule has 2 aromatic heterocycles. The van der Waals surface area contributed by atoms with Gasteiger partial charge in [0.2, 0.25) is 5.88 Å². The van der Waals surface area contributed by atoms with Crippen LogP contribution in [0.1, 0.15) is 18.0 Å². The van der Waals surface area contributed by atoms with Crippen LogP contribution in [0.15, 0.2) is 59.9 Å². The van der Waals surface area contributed by atoms with Crippen LogP contribution in [0.4, 0.5) is 27.6 Å². The number of hydrogen-bond acceptors (Lipinski definition) is 8. The van der Waals surface area contributed by atoms with E-state index in [9.17, 15) is 30.4 Å². The topological polar surface area (TPSA) is 143 Å². The standard InChI is InChI=1S/C24H21F2N5O3S.C2HF3O2/c1-34-24-21(31-35(32,33)22-5-3-17(25)10-19(22)26)9-16(12-28-24)14-2-4-20-18(8-14)23(30-13-29-20)15-6-7-27-11-15;3-2(4,5)1(6)7/h2-5,8-10,12-13,15,27,31H,6-7,11H2,1H3;(H,6,7). The minimum absolute atomic E-state index is 0.00156. The van der Waals surface area contributed by atoms with Crippen LogP contribution in [-0.2, 0) is 14.8 Å². The lowest BCUT2D eigenvalue weighted by Crippen LogP contribution is -2.21. The van der Waals surface area contributed by atoms with Crippen LogP contribution >= 0.6 is 0 Å². The first-order valence-corrected chi connectivity index (χ1v) is 13.6. The first-order valence-electron chi connectivity index (χ1n) is 12.1. The maximum atomic E-state index is 14.2. The van der Waals surface area contributed by atoms with E-state index in [-0.39, 0.29) is 17.5 Å². The second-order valence-electron chi connectivity index (χ2n) is 8.94. The molecule has 16 heteroatoms. The number of ether oxygens (including phenoxy) is 1. The zero-order valence-corrected chi connectivity index (χ0v) is 22.4. The minimum Gasteiger partial charge on any atom is -0.480 e. The van der Waals surface area contributed by atoms with Gasteiger partial charge in [-0.2, -0.15) is 13.2 Å². The first-order chi connectivity index (χ1) is 19.8. The molecule has 3 heterocycles. The lowest BCUT2D eigenvalue weighted by Gasteiger charge is -2.14. The van der Waals surface area contributed by atoms with Crippen LogP contribution in [0.3, 0.4) is 0 Å². The maximum absolute atomic E-state index is 14.2. The van der Waals surface area contributed by atoms with Gasteiger partial charge in [0.15, 0.2) is 0 Å². The van der Waals surface area contributed by atoms with Gasteiger partial charge in [-0.25, -0.2) is 36.9 Å². The lowest BCUT2D eigenvalue weighted by atomic mass is 9.97. The van der Waals surface area contributed by atoms with Crippen LogP contribution in [0.2, 0.25) is 0 Å². The highest BCUT2D eigenvalue weighted by Crippen LogP contribution is 2.34. The molecule has 1 unspecified atom stereocenters. The fraction of sp³-hybridized carbons (Fsp3) is 0.231. The highest BCUT2D eigenvalue weighted by atomic mass is 32.2. The van der Waals surface area contributed by atoms with Crippen molar-refractivity contribution in [1.82, 2.24) is 20.3 Å². The number of nitrogens with one attached hydrogen (secondary N) is 2. The quantitative estimate of drug-likeness (QED) is 0.269. The van der Waals surface area contributed by atoms with Gasteiger partial charge in [0, 0.05) is 35.7 Å². The van der Waals surface area contributed by atoms with Gasteiger partial charge in [-0.1, -0.05) is 6.07 Å². The Hall–Kier alpha value is -4.44. The fourth-order valence-corrected chi connectivity index (χ4v) is 5.32. The molecule has 1 atom stereocenters. The third kappa shape index (κ3) is 6.88. The number of carboxylic acid groups (broad SMARTS) is 1. The number of carboxylic acids is 1. The molecule has 1 saturated heterocycles. The third-order valence-electron chi connectivity index (χ3n) is 6.16. The number of fused-ring (bicyclic) bond motifs is 1. The number of pyridine rings is 1. The lowest BCUT2D eigenvalue weighted by molar-refractivity contribution is -0.192. The molecule has 42 heavy (non-hydrogen) atoms. The van der Waals surface area contributed by atoms with Gasteiger partial charge < -0.3 is 15.2 Å². The molecule has 0 bridgehead atoms. The monoisotopic (exact) mass is 611 g/mol. The van der Waals surface area contributed by atoms with Crippen molar-refractivity contribution in [2.24, 2.45) is 0 Å². The number of carbonyl (C=O) groups is 1. The predicted octanol–water partition coefficient (Wildman–Crippen LogP) is 4.49. The van der Waals surface area contributed by atoms with E-state index in [1.165, 1.54) is 7.11 Å². The zero-order chi connectivity index (χ0) is 30.7. The van der Waals surface area contributed by atoms with Crippen molar-refractivity contribution in [3.05, 3.63) is 72.3 Å². The average Bonchev–Trinajstić information content (AvgIpc) is 3.47.